The van der Waals surface area contributed by atoms with Gasteiger partial charge in [0, 0.05) is 64.3 Å². The Hall–Kier alpha value is -7.80. The molecular formula is C50H46F2N10O8S4. The fraction of sp³-hybridized carbons (Fsp3) is 0.200. The van der Waals surface area contributed by atoms with Gasteiger partial charge in [0.25, 0.3) is 22.2 Å². The molecule has 0 saturated heterocycles. The smallest absolute Gasteiger partial charge is 0.296 e. The first-order chi connectivity index (χ1) is 35.5. The number of aryl methyl sites for hydroxylation is 2. The van der Waals surface area contributed by atoms with Crippen LogP contribution in [0.25, 0.3) is 22.3 Å². The van der Waals surface area contributed by atoms with Crippen LogP contribution >= 0.6 is 22.7 Å². The van der Waals surface area contributed by atoms with Gasteiger partial charge in [-0.05, 0) is 108 Å². The minimum Gasteiger partial charge on any atom is -0.496 e. The molecule has 24 heteroatoms. The van der Waals surface area contributed by atoms with E-state index in [0.29, 0.717) is 26.7 Å². The van der Waals surface area contributed by atoms with Gasteiger partial charge < -0.3 is 18.9 Å². The highest BCUT2D eigenvalue weighted by Gasteiger charge is 2.24. The van der Waals surface area contributed by atoms with E-state index < -0.39 is 42.9 Å². The molecule has 0 aliphatic heterocycles. The van der Waals surface area contributed by atoms with Crippen LogP contribution in [0.4, 0.5) is 19.0 Å². The SMILES string of the molecule is CN=[S@@](C)(=O)c1ccc(COc2nnc(NC(=O)c3cnc(C)cc3-c3c(F)cccc3OCCN=[S@](C)(=O)c3ccc(COc4nnc(NC(=O)c5cnc(C)cc5-c5c(F)cccc5OC)s4)cc3)s2)cc1. The molecule has 0 saturated carbocycles. The zero-order valence-corrected chi connectivity index (χ0v) is 43.7. The number of carbonyl (C=O) groups is 2. The number of halogens is 2. The highest BCUT2D eigenvalue weighted by atomic mass is 32.2. The van der Waals surface area contributed by atoms with E-state index in [4.69, 9.17) is 18.9 Å². The molecule has 2 amide bonds. The number of aromatic nitrogens is 6. The number of anilines is 2. The number of nitrogens with one attached hydrogen (secondary N) is 2. The second kappa shape index (κ2) is 23.0. The molecule has 0 aliphatic rings. The third kappa shape index (κ3) is 12.5. The maximum absolute atomic E-state index is 15.8. The molecule has 0 bridgehead atoms. The van der Waals surface area contributed by atoms with Crippen LogP contribution in [0.2, 0.25) is 0 Å². The summed E-state index contributed by atoms with van der Waals surface area (Å²) in [5.74, 6) is -2.05. The zero-order valence-electron chi connectivity index (χ0n) is 40.5. The van der Waals surface area contributed by atoms with E-state index in [0.717, 1.165) is 33.8 Å². The number of pyridine rings is 2. The van der Waals surface area contributed by atoms with Crippen molar-refractivity contribution in [3.8, 4) is 44.1 Å². The summed E-state index contributed by atoms with van der Waals surface area (Å²) in [4.78, 5) is 36.7. The Bertz CT molecular complexity index is 3630. The van der Waals surface area contributed by atoms with E-state index in [1.165, 1.54) is 57.1 Å². The lowest BCUT2D eigenvalue weighted by Gasteiger charge is -2.15. The molecule has 18 nitrogen and oxygen atoms in total. The number of ether oxygens (including phenoxy) is 4. The van der Waals surface area contributed by atoms with Gasteiger partial charge in [-0.2, -0.15) is 0 Å². The van der Waals surface area contributed by atoms with Crippen molar-refractivity contribution in [1.82, 2.24) is 30.4 Å². The fourth-order valence-electron chi connectivity index (χ4n) is 7.20. The number of methoxy groups -OCH3 is 1. The van der Waals surface area contributed by atoms with E-state index in [1.807, 2.05) is 0 Å². The topological polar surface area (TPSA) is 231 Å². The summed E-state index contributed by atoms with van der Waals surface area (Å²) in [7, 11) is -2.46. The van der Waals surface area contributed by atoms with Gasteiger partial charge in [0.15, 0.2) is 0 Å². The summed E-state index contributed by atoms with van der Waals surface area (Å²) in [5.41, 5.74) is 3.39. The van der Waals surface area contributed by atoms with Crippen LogP contribution in [0, 0.1) is 25.5 Å². The van der Waals surface area contributed by atoms with Crippen molar-refractivity contribution in [2.45, 2.75) is 36.9 Å². The molecule has 4 heterocycles. The lowest BCUT2D eigenvalue weighted by atomic mass is 9.98. The molecule has 0 aliphatic carbocycles. The Morgan fingerprint density at radius 1 is 0.635 bits per heavy atom. The van der Waals surface area contributed by atoms with Crippen LogP contribution in [-0.2, 0) is 32.7 Å². The average Bonchev–Trinajstić information content (AvgIpc) is 4.05. The second-order valence-electron chi connectivity index (χ2n) is 16.2. The highest BCUT2D eigenvalue weighted by molar-refractivity contribution is 7.93. The number of hydrogen-bond donors (Lipinski definition) is 2. The highest BCUT2D eigenvalue weighted by Crippen LogP contribution is 2.38. The van der Waals surface area contributed by atoms with Crippen LogP contribution in [0.5, 0.6) is 21.9 Å². The molecule has 74 heavy (non-hydrogen) atoms. The van der Waals surface area contributed by atoms with Crippen molar-refractivity contribution in [3.05, 3.63) is 155 Å². The summed E-state index contributed by atoms with van der Waals surface area (Å²) in [6, 6.07) is 25.7. The van der Waals surface area contributed by atoms with E-state index in [2.05, 4.69) is 49.7 Å². The summed E-state index contributed by atoms with van der Waals surface area (Å²) in [5, 5.41) is 22.1. The van der Waals surface area contributed by atoms with Crippen molar-refractivity contribution < 1.29 is 45.7 Å². The van der Waals surface area contributed by atoms with Crippen LogP contribution in [0.3, 0.4) is 0 Å². The Morgan fingerprint density at radius 2 is 1.09 bits per heavy atom. The number of amides is 2. The van der Waals surface area contributed by atoms with Crippen molar-refractivity contribution >= 4 is 64.2 Å². The summed E-state index contributed by atoms with van der Waals surface area (Å²) < 4.78 is 88.5. The molecule has 0 radical (unpaired) electrons. The average molecular weight is 1080 g/mol. The van der Waals surface area contributed by atoms with Gasteiger partial charge in [0.2, 0.25) is 10.3 Å². The summed E-state index contributed by atoms with van der Waals surface area (Å²) in [6.07, 6.45) is 5.76. The first-order valence-electron chi connectivity index (χ1n) is 22.2. The number of benzene rings is 4. The van der Waals surface area contributed by atoms with Gasteiger partial charge in [-0.15, -0.1) is 10.2 Å². The Kier molecular flexibility index (Phi) is 16.3. The molecule has 0 fully saturated rings. The third-order valence-electron chi connectivity index (χ3n) is 11.0. The first-order valence-corrected chi connectivity index (χ1v) is 27.7. The second-order valence-corrected chi connectivity index (χ2v) is 22.8. The minimum absolute atomic E-state index is 0.0166. The lowest BCUT2D eigenvalue weighted by Crippen LogP contribution is -2.14. The molecule has 382 valence electrons. The monoisotopic (exact) mass is 1080 g/mol. The van der Waals surface area contributed by atoms with Gasteiger partial charge in [0.05, 0.1) is 55.4 Å². The minimum atomic E-state index is -2.91. The molecular weight excluding hydrogens is 1030 g/mol. The molecule has 4 aromatic heterocycles. The number of carbonyl (C=O) groups excluding carboxylic acids is 2. The fourth-order valence-corrected chi connectivity index (χ4v) is 10.4. The largest absolute Gasteiger partial charge is 0.496 e. The normalized spacial score (nSPS) is 12.7. The predicted octanol–water partition coefficient (Wildman–Crippen LogP) is 9.70. The summed E-state index contributed by atoms with van der Waals surface area (Å²) in [6.45, 7) is 3.56. The number of hydrogen-bond acceptors (Lipinski definition) is 18. The Balaban J connectivity index is 0.860. The van der Waals surface area contributed by atoms with E-state index in [9.17, 15) is 18.0 Å². The van der Waals surface area contributed by atoms with Crippen LogP contribution in [0.15, 0.2) is 128 Å². The van der Waals surface area contributed by atoms with Crippen LogP contribution < -0.4 is 29.6 Å². The maximum Gasteiger partial charge on any atom is 0.296 e. The van der Waals surface area contributed by atoms with E-state index in [-0.39, 0.29) is 86.3 Å². The quantitative estimate of drug-likeness (QED) is 0.0718. The maximum atomic E-state index is 15.8. The van der Waals surface area contributed by atoms with Crippen molar-refractivity contribution in [1.29, 1.82) is 0 Å². The van der Waals surface area contributed by atoms with Gasteiger partial charge in [0.1, 0.15) is 43.0 Å². The molecule has 8 rings (SSSR count). The molecule has 4 aromatic carbocycles. The molecule has 0 spiro atoms. The lowest BCUT2D eigenvalue weighted by molar-refractivity contribution is 0.101. The third-order valence-corrected chi connectivity index (χ3v) is 16.2. The van der Waals surface area contributed by atoms with Gasteiger partial charge in [-0.3, -0.25) is 30.2 Å². The van der Waals surface area contributed by atoms with E-state index >= 15 is 8.78 Å². The van der Waals surface area contributed by atoms with Crippen LogP contribution in [-0.4, -0.2) is 90.4 Å². The number of rotatable bonds is 19. The standard InChI is InChI=1S/C50H46F2N10O8S4/c1-29-23-35(43-39(51)9-7-11-41(43)67-4)37(25-54-29)45(63)57-47-59-62-50(71-47)70-28-32-15-19-34(20-16-32)74(6,66)56-21-22-68-42-12-8-10-40(52)44(42)36-24-30(2)55-26-38(36)46(64)58-48-60-61-49(72-48)69-27-31-13-17-33(18-14-31)73(5,65)53-3/h7-20,23-26H,21-22,27-28H2,1-6H3,(H,57,59,63)(H,58,60,64)/t73-,74+/m0/s1. The zero-order chi connectivity index (χ0) is 52.6. The van der Waals surface area contributed by atoms with Gasteiger partial charge in [-0.1, -0.05) is 46.6 Å². The molecule has 0 unspecified atom stereocenters. The Labute approximate surface area is 433 Å². The summed E-state index contributed by atoms with van der Waals surface area (Å²) >= 11 is 1.98. The Morgan fingerprint density at radius 3 is 1.57 bits per heavy atom. The predicted molar refractivity (Wildman–Crippen MR) is 278 cm³/mol. The van der Waals surface area contributed by atoms with Crippen LogP contribution in [0.1, 0.15) is 43.2 Å². The van der Waals surface area contributed by atoms with E-state index in [1.54, 1.807) is 92.9 Å². The molecule has 2 N–H and O–H groups in total. The molecule has 2 atom stereocenters. The van der Waals surface area contributed by atoms with Crippen molar-refractivity contribution in [2.75, 3.05) is 50.5 Å². The first kappa shape index (κ1) is 52.5. The van der Waals surface area contributed by atoms with Gasteiger partial charge >= 0.3 is 0 Å². The number of nitrogens with zero attached hydrogens (tertiary/aromatic N) is 8. The van der Waals surface area contributed by atoms with Crippen molar-refractivity contribution in [3.63, 3.8) is 0 Å². The van der Waals surface area contributed by atoms with Crippen molar-refractivity contribution in [2.24, 2.45) is 8.73 Å². The van der Waals surface area contributed by atoms with Gasteiger partial charge in [-0.25, -0.2) is 25.9 Å². The molecule has 8 aromatic rings.